The first-order chi connectivity index (χ1) is 6.79. The average Bonchev–Trinajstić information content (AvgIpc) is 2.18. The molecule has 0 aliphatic heterocycles. The summed E-state index contributed by atoms with van der Waals surface area (Å²) in [7, 11) is 0. The fourth-order valence-corrected chi connectivity index (χ4v) is 0.917. The lowest BCUT2D eigenvalue weighted by Gasteiger charge is -2.05. The zero-order valence-electron chi connectivity index (χ0n) is 7.90. The van der Waals surface area contributed by atoms with Gasteiger partial charge in [-0.25, -0.2) is 0 Å². The van der Waals surface area contributed by atoms with Crippen molar-refractivity contribution in [2.75, 3.05) is 19.8 Å². The van der Waals surface area contributed by atoms with Crippen LogP contribution in [-0.4, -0.2) is 25.7 Å². The van der Waals surface area contributed by atoms with Crippen molar-refractivity contribution < 1.29 is 9.47 Å². The lowest BCUT2D eigenvalue weighted by Crippen LogP contribution is -2.19. The highest BCUT2D eigenvalue weighted by Crippen LogP contribution is 2.07. The highest BCUT2D eigenvalue weighted by atomic mass is 16.5. The summed E-state index contributed by atoms with van der Waals surface area (Å²) in [6, 6.07) is 9.51. The number of rotatable bonds is 6. The van der Waals surface area contributed by atoms with E-state index in [9.17, 15) is 0 Å². The molecular formula is C10H14N2O2. The van der Waals surface area contributed by atoms with Crippen LogP contribution in [0.4, 0.5) is 0 Å². The molecule has 4 heteroatoms. The predicted molar refractivity (Wildman–Crippen MR) is 54.7 cm³/mol. The molecule has 0 spiro atoms. The monoisotopic (exact) mass is 194 g/mol. The maximum absolute atomic E-state index is 6.91. The molecule has 4 nitrogen and oxygen atoms in total. The van der Waals surface area contributed by atoms with Gasteiger partial charge in [-0.1, -0.05) is 18.2 Å². The highest BCUT2D eigenvalue weighted by Gasteiger charge is 1.92. The number of benzene rings is 1. The van der Waals surface area contributed by atoms with Gasteiger partial charge in [-0.3, -0.25) is 5.41 Å². The number of nitrogens with two attached hydrogens (primary N) is 1. The van der Waals surface area contributed by atoms with Gasteiger partial charge in [0.2, 0.25) is 0 Å². The summed E-state index contributed by atoms with van der Waals surface area (Å²) in [5, 5.41) is 6.91. The van der Waals surface area contributed by atoms with Crippen LogP contribution < -0.4 is 10.5 Å². The Morgan fingerprint density at radius 3 is 2.57 bits per heavy atom. The van der Waals surface area contributed by atoms with E-state index in [0.717, 1.165) is 5.75 Å². The summed E-state index contributed by atoms with van der Waals surface area (Å²) >= 11 is 0. The van der Waals surface area contributed by atoms with Gasteiger partial charge in [0.05, 0.1) is 6.61 Å². The number of hydrogen-bond donors (Lipinski definition) is 2. The van der Waals surface area contributed by atoms with Crippen molar-refractivity contribution in [3.63, 3.8) is 0 Å². The molecule has 0 amide bonds. The standard InChI is InChI=1S/C10H14N2O2/c11-10(12)8-13-6-7-14-9-4-2-1-3-5-9/h1-5H,6-8H2,(H3,11,12). The Balaban J connectivity index is 2.08. The Hall–Kier alpha value is -1.55. The van der Waals surface area contributed by atoms with Crippen LogP contribution in [0, 0.1) is 5.41 Å². The van der Waals surface area contributed by atoms with Crippen molar-refractivity contribution in [2.45, 2.75) is 0 Å². The maximum Gasteiger partial charge on any atom is 0.119 e. The van der Waals surface area contributed by atoms with Crippen molar-refractivity contribution in [1.82, 2.24) is 0 Å². The Labute approximate surface area is 83.1 Å². The Bertz CT molecular complexity index is 275. The highest BCUT2D eigenvalue weighted by molar-refractivity contribution is 5.78. The largest absolute Gasteiger partial charge is 0.491 e. The van der Waals surface area contributed by atoms with E-state index in [0.29, 0.717) is 13.2 Å². The zero-order valence-corrected chi connectivity index (χ0v) is 7.90. The van der Waals surface area contributed by atoms with Crippen LogP contribution >= 0.6 is 0 Å². The molecule has 3 N–H and O–H groups in total. The molecule has 1 aromatic rings. The maximum atomic E-state index is 6.91. The van der Waals surface area contributed by atoms with Crippen molar-refractivity contribution in [3.8, 4) is 5.75 Å². The number of ether oxygens (including phenoxy) is 2. The molecule has 0 aliphatic carbocycles. The van der Waals surface area contributed by atoms with Gasteiger partial charge in [-0.05, 0) is 12.1 Å². The molecule has 0 saturated heterocycles. The quantitative estimate of drug-likeness (QED) is 0.403. The van der Waals surface area contributed by atoms with Crippen molar-refractivity contribution in [1.29, 1.82) is 5.41 Å². The molecule has 14 heavy (non-hydrogen) atoms. The van der Waals surface area contributed by atoms with E-state index in [1.54, 1.807) is 0 Å². The molecule has 76 valence electrons. The van der Waals surface area contributed by atoms with Gasteiger partial charge in [-0.2, -0.15) is 0 Å². The van der Waals surface area contributed by atoms with E-state index < -0.39 is 0 Å². The SMILES string of the molecule is N=C(N)COCCOc1ccccc1. The molecule has 0 fully saturated rings. The Kier molecular flexibility index (Phi) is 4.50. The molecule has 0 aromatic heterocycles. The van der Waals surface area contributed by atoms with Gasteiger partial charge in [0.25, 0.3) is 0 Å². The summed E-state index contributed by atoms with van der Waals surface area (Å²) in [4.78, 5) is 0. The van der Waals surface area contributed by atoms with E-state index in [1.165, 1.54) is 0 Å². The molecule has 0 radical (unpaired) electrons. The third kappa shape index (κ3) is 4.47. The van der Waals surface area contributed by atoms with Gasteiger partial charge >= 0.3 is 0 Å². The number of para-hydroxylation sites is 1. The second-order valence-corrected chi connectivity index (χ2v) is 2.74. The third-order valence-corrected chi connectivity index (χ3v) is 1.50. The fraction of sp³-hybridized carbons (Fsp3) is 0.300. The van der Waals surface area contributed by atoms with Gasteiger partial charge in [0, 0.05) is 0 Å². The zero-order chi connectivity index (χ0) is 10.2. The Morgan fingerprint density at radius 2 is 1.93 bits per heavy atom. The first-order valence-electron chi connectivity index (χ1n) is 4.37. The molecule has 0 atom stereocenters. The molecule has 0 saturated carbocycles. The number of hydrogen-bond acceptors (Lipinski definition) is 3. The summed E-state index contributed by atoms with van der Waals surface area (Å²) in [5.41, 5.74) is 5.10. The van der Waals surface area contributed by atoms with Crippen LogP contribution in [0.1, 0.15) is 0 Å². The van der Waals surface area contributed by atoms with Crippen molar-refractivity contribution in [3.05, 3.63) is 30.3 Å². The van der Waals surface area contributed by atoms with E-state index in [1.807, 2.05) is 30.3 Å². The molecule has 1 rings (SSSR count). The second kappa shape index (κ2) is 5.99. The second-order valence-electron chi connectivity index (χ2n) is 2.74. The molecular weight excluding hydrogens is 180 g/mol. The summed E-state index contributed by atoms with van der Waals surface area (Å²) < 4.78 is 10.4. The average molecular weight is 194 g/mol. The molecule has 0 aliphatic rings. The van der Waals surface area contributed by atoms with Crippen LogP contribution in [-0.2, 0) is 4.74 Å². The summed E-state index contributed by atoms with van der Waals surface area (Å²) in [5.74, 6) is 0.851. The lowest BCUT2D eigenvalue weighted by molar-refractivity contribution is 0.127. The minimum atomic E-state index is 0.0321. The fourth-order valence-electron chi connectivity index (χ4n) is 0.917. The van der Waals surface area contributed by atoms with Gasteiger partial charge in [-0.15, -0.1) is 0 Å². The summed E-state index contributed by atoms with van der Waals surface area (Å²) in [6.45, 7) is 1.07. The van der Waals surface area contributed by atoms with E-state index in [-0.39, 0.29) is 12.4 Å². The minimum Gasteiger partial charge on any atom is -0.491 e. The van der Waals surface area contributed by atoms with Gasteiger partial charge in [0.15, 0.2) is 0 Å². The molecule has 1 aromatic carbocycles. The van der Waals surface area contributed by atoms with Gasteiger partial charge in [0.1, 0.15) is 24.8 Å². The predicted octanol–water partition coefficient (Wildman–Crippen LogP) is 1.02. The Morgan fingerprint density at radius 1 is 1.21 bits per heavy atom. The molecule has 0 bridgehead atoms. The first kappa shape index (κ1) is 10.5. The normalized spacial score (nSPS) is 9.71. The van der Waals surface area contributed by atoms with E-state index in [4.69, 9.17) is 20.6 Å². The first-order valence-corrected chi connectivity index (χ1v) is 4.37. The minimum absolute atomic E-state index is 0.0321. The van der Waals surface area contributed by atoms with Crippen LogP contribution in [0.5, 0.6) is 5.75 Å². The van der Waals surface area contributed by atoms with E-state index in [2.05, 4.69) is 0 Å². The molecule has 0 heterocycles. The lowest BCUT2D eigenvalue weighted by atomic mass is 10.3. The third-order valence-electron chi connectivity index (χ3n) is 1.50. The topological polar surface area (TPSA) is 68.3 Å². The van der Waals surface area contributed by atoms with Crippen LogP contribution in [0.3, 0.4) is 0 Å². The van der Waals surface area contributed by atoms with Crippen molar-refractivity contribution in [2.24, 2.45) is 5.73 Å². The van der Waals surface area contributed by atoms with Crippen LogP contribution in [0.2, 0.25) is 0 Å². The number of amidine groups is 1. The summed E-state index contributed by atoms with van der Waals surface area (Å²) in [6.07, 6.45) is 0. The van der Waals surface area contributed by atoms with Gasteiger partial charge < -0.3 is 15.2 Å². The number of nitrogens with one attached hydrogen (secondary N) is 1. The van der Waals surface area contributed by atoms with E-state index >= 15 is 0 Å². The van der Waals surface area contributed by atoms with Crippen LogP contribution in [0.15, 0.2) is 30.3 Å². The molecule has 0 unspecified atom stereocenters. The van der Waals surface area contributed by atoms with Crippen molar-refractivity contribution >= 4 is 5.84 Å². The smallest absolute Gasteiger partial charge is 0.119 e. The van der Waals surface area contributed by atoms with Crippen LogP contribution in [0.25, 0.3) is 0 Å².